The Morgan fingerprint density at radius 1 is 1.45 bits per heavy atom. The van der Waals surface area contributed by atoms with E-state index >= 15 is 0 Å². The highest BCUT2D eigenvalue weighted by Gasteiger charge is 2.16. The van der Waals surface area contributed by atoms with Gasteiger partial charge < -0.3 is 5.32 Å². The average molecular weight is 358 g/mol. The van der Waals surface area contributed by atoms with Gasteiger partial charge >= 0.3 is 0 Å². The zero-order chi connectivity index (χ0) is 14.7. The summed E-state index contributed by atoms with van der Waals surface area (Å²) in [6.45, 7) is 0. The smallest absolute Gasteiger partial charge is 0.277 e. The Hall–Kier alpha value is -1.79. The highest BCUT2D eigenvalue weighted by molar-refractivity contribution is 9.10. The van der Waals surface area contributed by atoms with Crippen molar-refractivity contribution in [3.05, 3.63) is 57.0 Å². The fraction of sp³-hybridized carbons (Fsp3) is 0. The summed E-state index contributed by atoms with van der Waals surface area (Å²) < 4.78 is 14.2. The number of aldehydes is 1. The lowest BCUT2D eigenvalue weighted by molar-refractivity contribution is 0.101. The van der Waals surface area contributed by atoms with Crippen molar-refractivity contribution in [3.8, 4) is 0 Å². The summed E-state index contributed by atoms with van der Waals surface area (Å²) in [5.74, 6) is -1.63. The normalized spacial score (nSPS) is 10.2. The summed E-state index contributed by atoms with van der Waals surface area (Å²) in [5.41, 5.74) is -0.0297. The van der Waals surface area contributed by atoms with Crippen molar-refractivity contribution >= 4 is 45.4 Å². The molecule has 0 saturated carbocycles. The number of pyridine rings is 1. The highest BCUT2D eigenvalue weighted by Crippen LogP contribution is 2.30. The van der Waals surface area contributed by atoms with Gasteiger partial charge in [-0.25, -0.2) is 9.37 Å². The van der Waals surface area contributed by atoms with E-state index < -0.39 is 17.4 Å². The molecule has 0 aliphatic rings. The molecule has 0 aliphatic heterocycles. The van der Waals surface area contributed by atoms with Crippen LogP contribution < -0.4 is 5.32 Å². The molecule has 0 atom stereocenters. The minimum absolute atomic E-state index is 0.0551. The molecule has 0 unspecified atom stereocenters. The molecule has 0 saturated heterocycles. The molecule has 1 aromatic heterocycles. The molecular formula is C13H7BrClFN2O2. The quantitative estimate of drug-likeness (QED) is 0.852. The van der Waals surface area contributed by atoms with E-state index in [2.05, 4.69) is 26.2 Å². The van der Waals surface area contributed by atoms with Gasteiger partial charge in [-0.1, -0.05) is 17.7 Å². The zero-order valence-corrected chi connectivity index (χ0v) is 12.2. The van der Waals surface area contributed by atoms with E-state index in [4.69, 9.17) is 11.6 Å². The van der Waals surface area contributed by atoms with Crippen LogP contribution in [0.1, 0.15) is 20.8 Å². The van der Waals surface area contributed by atoms with Gasteiger partial charge in [0.2, 0.25) is 0 Å². The third-order valence-electron chi connectivity index (χ3n) is 2.41. The fourth-order valence-electron chi connectivity index (χ4n) is 1.47. The number of rotatable bonds is 3. The number of anilines is 1. The van der Waals surface area contributed by atoms with E-state index in [-0.39, 0.29) is 5.56 Å². The van der Waals surface area contributed by atoms with Crippen molar-refractivity contribution in [2.75, 3.05) is 5.32 Å². The van der Waals surface area contributed by atoms with Crippen LogP contribution in [0.15, 0.2) is 34.9 Å². The average Bonchev–Trinajstić information content (AvgIpc) is 2.43. The Morgan fingerprint density at radius 3 is 2.85 bits per heavy atom. The number of amides is 1. The number of hydrogen-bond acceptors (Lipinski definition) is 3. The molecule has 0 fully saturated rings. The van der Waals surface area contributed by atoms with Crippen molar-refractivity contribution in [1.82, 2.24) is 4.98 Å². The van der Waals surface area contributed by atoms with E-state index in [1.54, 1.807) is 18.2 Å². The lowest BCUT2D eigenvalue weighted by Crippen LogP contribution is -2.16. The maximum Gasteiger partial charge on any atom is 0.277 e. The summed E-state index contributed by atoms with van der Waals surface area (Å²) in [6, 6.07) is 5.89. The van der Waals surface area contributed by atoms with Crippen LogP contribution in [0.4, 0.5) is 10.1 Å². The lowest BCUT2D eigenvalue weighted by Gasteiger charge is -2.08. The molecule has 1 heterocycles. The van der Waals surface area contributed by atoms with Gasteiger partial charge in [0.15, 0.2) is 17.8 Å². The second-order valence-corrected chi connectivity index (χ2v) is 5.00. The van der Waals surface area contributed by atoms with Crippen molar-refractivity contribution in [2.24, 2.45) is 0 Å². The van der Waals surface area contributed by atoms with Gasteiger partial charge in [-0.2, -0.15) is 0 Å². The molecule has 2 aromatic rings. The SMILES string of the molecule is O=Cc1cnc(C(=O)Nc2cccc(Br)c2Cl)c(F)c1. The first-order chi connectivity index (χ1) is 9.52. The van der Waals surface area contributed by atoms with Crippen LogP contribution in [-0.2, 0) is 0 Å². The first kappa shape index (κ1) is 14.6. The van der Waals surface area contributed by atoms with Gasteiger partial charge in [0.25, 0.3) is 5.91 Å². The van der Waals surface area contributed by atoms with Gasteiger partial charge in [-0.05, 0) is 34.1 Å². The van der Waals surface area contributed by atoms with E-state index in [9.17, 15) is 14.0 Å². The van der Waals surface area contributed by atoms with Gasteiger partial charge in [0.05, 0.1) is 10.7 Å². The topological polar surface area (TPSA) is 59.1 Å². The van der Waals surface area contributed by atoms with Crippen molar-refractivity contribution in [2.45, 2.75) is 0 Å². The number of nitrogens with one attached hydrogen (secondary N) is 1. The van der Waals surface area contributed by atoms with E-state index in [0.717, 1.165) is 12.3 Å². The van der Waals surface area contributed by atoms with Gasteiger partial charge in [0, 0.05) is 16.2 Å². The molecule has 0 spiro atoms. The second kappa shape index (κ2) is 6.11. The number of nitrogens with zero attached hydrogens (tertiary/aromatic N) is 1. The van der Waals surface area contributed by atoms with Crippen molar-refractivity contribution < 1.29 is 14.0 Å². The Morgan fingerprint density at radius 2 is 2.20 bits per heavy atom. The standard InChI is InChI=1S/C13H7BrClFN2O2/c14-8-2-1-3-10(11(8)15)18-13(20)12-9(16)4-7(6-19)5-17-12/h1-6H,(H,18,20). The van der Waals surface area contributed by atoms with E-state index in [1.165, 1.54) is 0 Å². The minimum Gasteiger partial charge on any atom is -0.319 e. The monoisotopic (exact) mass is 356 g/mol. The second-order valence-electron chi connectivity index (χ2n) is 3.77. The highest BCUT2D eigenvalue weighted by atomic mass is 79.9. The Balaban J connectivity index is 2.28. The first-order valence-electron chi connectivity index (χ1n) is 5.39. The number of carbonyl (C=O) groups is 2. The first-order valence-corrected chi connectivity index (χ1v) is 6.56. The minimum atomic E-state index is -0.877. The van der Waals surface area contributed by atoms with Gasteiger partial charge in [0.1, 0.15) is 0 Å². The molecule has 7 heteroatoms. The summed E-state index contributed by atoms with van der Waals surface area (Å²) in [6.07, 6.45) is 1.57. The molecular weight excluding hydrogens is 351 g/mol. The molecule has 1 aromatic carbocycles. The van der Waals surface area contributed by atoms with Gasteiger partial charge in [-0.3, -0.25) is 9.59 Å². The molecule has 1 amide bonds. The number of carbonyl (C=O) groups excluding carboxylic acids is 2. The number of hydrogen-bond donors (Lipinski definition) is 1. The Labute approximate surface area is 127 Å². The predicted molar refractivity (Wildman–Crippen MR) is 76.7 cm³/mol. The fourth-order valence-corrected chi connectivity index (χ4v) is 2.01. The molecule has 1 N–H and O–H groups in total. The molecule has 102 valence electrons. The van der Waals surface area contributed by atoms with Crippen LogP contribution in [0.5, 0.6) is 0 Å². The maximum atomic E-state index is 13.6. The lowest BCUT2D eigenvalue weighted by atomic mass is 10.2. The summed E-state index contributed by atoms with van der Waals surface area (Å²) in [7, 11) is 0. The molecule has 2 rings (SSSR count). The molecule has 0 aliphatic carbocycles. The summed E-state index contributed by atoms with van der Waals surface area (Å²) >= 11 is 9.20. The predicted octanol–water partition coefficient (Wildman–Crippen LogP) is 3.70. The molecule has 0 radical (unpaired) electrons. The van der Waals surface area contributed by atoms with Crippen LogP contribution in [-0.4, -0.2) is 17.2 Å². The Kier molecular flexibility index (Phi) is 4.46. The van der Waals surface area contributed by atoms with Crippen LogP contribution in [0.2, 0.25) is 5.02 Å². The van der Waals surface area contributed by atoms with Crippen LogP contribution in [0.25, 0.3) is 0 Å². The zero-order valence-electron chi connectivity index (χ0n) is 9.86. The van der Waals surface area contributed by atoms with E-state index in [0.29, 0.717) is 21.5 Å². The van der Waals surface area contributed by atoms with Crippen LogP contribution >= 0.6 is 27.5 Å². The van der Waals surface area contributed by atoms with Crippen LogP contribution in [0.3, 0.4) is 0 Å². The number of benzene rings is 1. The largest absolute Gasteiger partial charge is 0.319 e. The molecule has 0 bridgehead atoms. The molecule has 4 nitrogen and oxygen atoms in total. The van der Waals surface area contributed by atoms with Gasteiger partial charge in [-0.15, -0.1) is 0 Å². The third-order valence-corrected chi connectivity index (χ3v) is 3.71. The Bertz CT molecular complexity index is 694. The van der Waals surface area contributed by atoms with Crippen molar-refractivity contribution in [1.29, 1.82) is 0 Å². The summed E-state index contributed by atoms with van der Waals surface area (Å²) in [5, 5.41) is 2.75. The van der Waals surface area contributed by atoms with Crippen LogP contribution in [0, 0.1) is 5.82 Å². The summed E-state index contributed by atoms with van der Waals surface area (Å²) in [4.78, 5) is 26.0. The van der Waals surface area contributed by atoms with E-state index in [1.807, 2.05) is 0 Å². The molecule has 20 heavy (non-hydrogen) atoms. The number of aromatic nitrogens is 1. The van der Waals surface area contributed by atoms with Crippen molar-refractivity contribution in [3.63, 3.8) is 0 Å². The third kappa shape index (κ3) is 3.02. The maximum absolute atomic E-state index is 13.6. The number of halogens is 3.